The average Bonchev–Trinajstić information content (AvgIpc) is 1.86. The Morgan fingerprint density at radius 3 is 2.33 bits per heavy atom. The van der Waals surface area contributed by atoms with Crippen LogP contribution in [0.4, 0.5) is 5.69 Å². The Hall–Kier alpha value is -0.450. The number of nitrogens with zero attached hydrogens (tertiary/aromatic N) is 2. The first kappa shape index (κ1) is 11.6. The smallest absolute Gasteiger partial charge is 0.197 e. The van der Waals surface area contributed by atoms with Gasteiger partial charge in [-0.05, 0) is 12.2 Å². The van der Waals surface area contributed by atoms with Gasteiger partial charge in [0.1, 0.15) is 0 Å². The summed E-state index contributed by atoms with van der Waals surface area (Å²) in [4.78, 5) is 6.88. The van der Waals surface area contributed by atoms with E-state index in [1.54, 1.807) is 6.20 Å². The summed E-state index contributed by atoms with van der Waals surface area (Å²) < 4.78 is 1.28. The van der Waals surface area contributed by atoms with Crippen LogP contribution < -0.4 is 16.9 Å². The van der Waals surface area contributed by atoms with Gasteiger partial charge in [-0.25, -0.2) is 4.98 Å². The van der Waals surface area contributed by atoms with Crippen molar-refractivity contribution in [2.24, 2.45) is 0 Å². The molecule has 1 heterocycles. The standard InChI is InChI=1S/C7H11N3S.ClH/c1-10(2,3)6-4-8-7(11)9-5-6;/h4-5H,1-3H3;1H. The summed E-state index contributed by atoms with van der Waals surface area (Å²) in [5.74, 6) is 0. The number of quaternary nitrogens is 1. The molecule has 0 aliphatic carbocycles. The fourth-order valence-electron chi connectivity index (χ4n) is 0.702. The van der Waals surface area contributed by atoms with Crippen LogP contribution in [0, 0.1) is 4.77 Å². The van der Waals surface area contributed by atoms with Gasteiger partial charge in [-0.3, -0.25) is 4.48 Å². The predicted molar refractivity (Wildman–Crippen MR) is 49.0 cm³/mol. The maximum atomic E-state index is 4.82. The van der Waals surface area contributed by atoms with E-state index in [0.717, 1.165) is 10.2 Å². The number of aromatic amines is 1. The predicted octanol–water partition coefficient (Wildman–Crippen LogP) is -1.66. The molecule has 0 saturated heterocycles. The third-order valence-corrected chi connectivity index (χ3v) is 1.66. The molecule has 0 unspecified atom stereocenters. The van der Waals surface area contributed by atoms with E-state index in [1.807, 2.05) is 6.20 Å². The van der Waals surface area contributed by atoms with Gasteiger partial charge in [0, 0.05) is 0 Å². The summed E-state index contributed by atoms with van der Waals surface area (Å²) in [6, 6.07) is 0. The monoisotopic (exact) mass is 205 g/mol. The summed E-state index contributed by atoms with van der Waals surface area (Å²) in [5, 5.41) is 0. The lowest BCUT2D eigenvalue weighted by atomic mass is 10.4. The lowest BCUT2D eigenvalue weighted by molar-refractivity contribution is -0.00000262. The number of hydrogen-bond donors (Lipinski definition) is 1. The molecule has 1 rings (SSSR count). The molecule has 0 aliphatic rings. The SMILES string of the molecule is C[N+](C)(C)c1cnc(=S)[nH]c1.[Cl-]. The van der Waals surface area contributed by atoms with Crippen molar-refractivity contribution in [1.82, 2.24) is 14.5 Å². The van der Waals surface area contributed by atoms with Gasteiger partial charge in [0.15, 0.2) is 10.5 Å². The molecule has 1 aromatic heterocycles. The average molecular weight is 206 g/mol. The van der Waals surface area contributed by atoms with Crippen LogP contribution in [0.25, 0.3) is 0 Å². The van der Waals surface area contributed by atoms with Crippen LogP contribution in [-0.2, 0) is 0 Å². The highest BCUT2D eigenvalue weighted by molar-refractivity contribution is 7.71. The Kier molecular flexibility index (Phi) is 3.83. The molecule has 0 spiro atoms. The molecule has 0 aromatic carbocycles. The van der Waals surface area contributed by atoms with Crippen molar-refractivity contribution in [3.05, 3.63) is 17.2 Å². The van der Waals surface area contributed by atoms with Crippen LogP contribution in [0.5, 0.6) is 0 Å². The molecular formula is C7H12ClN3S. The Balaban J connectivity index is 0.00000121. The van der Waals surface area contributed by atoms with E-state index in [2.05, 4.69) is 31.1 Å². The minimum atomic E-state index is 0. The number of nitrogens with one attached hydrogen (secondary N) is 1. The molecule has 5 heteroatoms. The van der Waals surface area contributed by atoms with E-state index in [-0.39, 0.29) is 12.4 Å². The van der Waals surface area contributed by atoms with E-state index >= 15 is 0 Å². The van der Waals surface area contributed by atoms with E-state index in [0.29, 0.717) is 4.77 Å². The van der Waals surface area contributed by atoms with Crippen molar-refractivity contribution in [1.29, 1.82) is 0 Å². The highest BCUT2D eigenvalue weighted by Crippen LogP contribution is 2.11. The lowest BCUT2D eigenvalue weighted by Crippen LogP contribution is -3.00. The lowest BCUT2D eigenvalue weighted by Gasteiger charge is -2.22. The van der Waals surface area contributed by atoms with Crippen LogP contribution in [0.3, 0.4) is 0 Å². The van der Waals surface area contributed by atoms with Crippen molar-refractivity contribution >= 4 is 17.9 Å². The molecular weight excluding hydrogens is 194 g/mol. The van der Waals surface area contributed by atoms with Gasteiger partial charge < -0.3 is 17.4 Å². The minimum absolute atomic E-state index is 0. The Labute approximate surface area is 83.4 Å². The maximum Gasteiger partial charge on any atom is 0.197 e. The Bertz CT molecular complexity index is 282. The van der Waals surface area contributed by atoms with Crippen LogP contribution in [0.1, 0.15) is 0 Å². The first-order valence-corrected chi connectivity index (χ1v) is 3.78. The first-order chi connectivity index (χ1) is 5.00. The third kappa shape index (κ3) is 2.89. The van der Waals surface area contributed by atoms with Crippen LogP contribution in [0.2, 0.25) is 0 Å². The summed E-state index contributed by atoms with van der Waals surface area (Å²) in [5.41, 5.74) is 1.11. The maximum absolute atomic E-state index is 4.82. The molecule has 0 saturated carbocycles. The summed E-state index contributed by atoms with van der Waals surface area (Å²) >= 11 is 4.82. The van der Waals surface area contributed by atoms with E-state index in [4.69, 9.17) is 12.2 Å². The van der Waals surface area contributed by atoms with E-state index in [9.17, 15) is 0 Å². The highest BCUT2D eigenvalue weighted by Gasteiger charge is 2.10. The van der Waals surface area contributed by atoms with Gasteiger partial charge in [0.2, 0.25) is 0 Å². The normalized spacial score (nSPS) is 10.6. The van der Waals surface area contributed by atoms with Crippen molar-refractivity contribution in [2.75, 3.05) is 21.1 Å². The topological polar surface area (TPSA) is 28.7 Å². The van der Waals surface area contributed by atoms with Gasteiger partial charge in [0.05, 0.1) is 33.5 Å². The molecule has 1 aromatic rings. The fourth-order valence-corrected chi connectivity index (χ4v) is 0.813. The summed E-state index contributed by atoms with van der Waals surface area (Å²) in [7, 11) is 6.23. The van der Waals surface area contributed by atoms with Gasteiger partial charge >= 0.3 is 0 Å². The molecule has 1 N–H and O–H groups in total. The summed E-state index contributed by atoms with van der Waals surface area (Å²) in [6.45, 7) is 0. The second-order valence-corrected chi connectivity index (χ2v) is 3.68. The zero-order chi connectivity index (χ0) is 8.48. The Morgan fingerprint density at radius 2 is 2.00 bits per heavy atom. The number of hydrogen-bond acceptors (Lipinski definition) is 2. The van der Waals surface area contributed by atoms with E-state index in [1.165, 1.54) is 0 Å². The Morgan fingerprint density at radius 1 is 1.42 bits per heavy atom. The quantitative estimate of drug-likeness (QED) is 0.439. The molecule has 0 amide bonds. The first-order valence-electron chi connectivity index (χ1n) is 3.37. The number of H-pyrrole nitrogens is 1. The van der Waals surface area contributed by atoms with Crippen LogP contribution >= 0.6 is 12.2 Å². The zero-order valence-electron chi connectivity index (χ0n) is 7.34. The van der Waals surface area contributed by atoms with Crippen molar-refractivity contribution in [2.45, 2.75) is 0 Å². The van der Waals surface area contributed by atoms with Crippen molar-refractivity contribution < 1.29 is 12.4 Å². The van der Waals surface area contributed by atoms with Crippen molar-refractivity contribution in [3.8, 4) is 0 Å². The molecule has 0 radical (unpaired) electrons. The largest absolute Gasteiger partial charge is 1.00 e. The molecule has 0 aliphatic heterocycles. The molecule has 0 bridgehead atoms. The third-order valence-electron chi connectivity index (χ3n) is 1.43. The van der Waals surface area contributed by atoms with Gasteiger partial charge in [0.25, 0.3) is 0 Å². The van der Waals surface area contributed by atoms with Crippen LogP contribution in [0.15, 0.2) is 12.4 Å². The molecule has 12 heavy (non-hydrogen) atoms. The van der Waals surface area contributed by atoms with E-state index < -0.39 is 0 Å². The molecule has 68 valence electrons. The molecule has 0 atom stereocenters. The summed E-state index contributed by atoms with van der Waals surface area (Å²) in [6.07, 6.45) is 3.67. The fraction of sp³-hybridized carbons (Fsp3) is 0.429. The minimum Gasteiger partial charge on any atom is -1.00 e. The zero-order valence-corrected chi connectivity index (χ0v) is 8.91. The number of rotatable bonds is 1. The molecule has 3 nitrogen and oxygen atoms in total. The highest BCUT2D eigenvalue weighted by atomic mass is 35.5. The second-order valence-electron chi connectivity index (χ2n) is 3.29. The second kappa shape index (κ2) is 3.98. The van der Waals surface area contributed by atoms with Crippen LogP contribution in [-0.4, -0.2) is 31.1 Å². The number of aromatic nitrogens is 2. The van der Waals surface area contributed by atoms with Gasteiger partial charge in [-0.2, -0.15) is 0 Å². The molecule has 0 fully saturated rings. The van der Waals surface area contributed by atoms with Crippen molar-refractivity contribution in [3.63, 3.8) is 0 Å². The van der Waals surface area contributed by atoms with Gasteiger partial charge in [-0.15, -0.1) is 0 Å². The number of halogens is 1. The van der Waals surface area contributed by atoms with Gasteiger partial charge in [-0.1, -0.05) is 0 Å².